The third kappa shape index (κ3) is 3.23. The largest absolute Gasteiger partial charge is 0.493 e. The smallest absolute Gasteiger partial charge is 0.277 e. The zero-order chi connectivity index (χ0) is 17.1. The molecule has 1 heterocycles. The average Bonchev–Trinajstić information content (AvgIpc) is 3.06. The third-order valence-corrected chi connectivity index (χ3v) is 3.74. The van der Waals surface area contributed by atoms with Crippen LogP contribution in [0.15, 0.2) is 48.7 Å². The van der Waals surface area contributed by atoms with Gasteiger partial charge in [0.15, 0.2) is 11.4 Å². The molecule has 7 heteroatoms. The van der Waals surface area contributed by atoms with Gasteiger partial charge < -0.3 is 10.1 Å². The Bertz CT molecular complexity index is 875. The van der Waals surface area contributed by atoms with Gasteiger partial charge in [-0.1, -0.05) is 40.6 Å². The highest BCUT2D eigenvalue weighted by Gasteiger charge is 2.15. The second-order valence-corrected chi connectivity index (χ2v) is 5.57. The average molecular weight is 343 g/mol. The van der Waals surface area contributed by atoms with Crippen molar-refractivity contribution < 1.29 is 9.53 Å². The highest BCUT2D eigenvalue weighted by molar-refractivity contribution is 6.32. The summed E-state index contributed by atoms with van der Waals surface area (Å²) in [5, 5.41) is 11.0. The number of hydrogen-bond donors (Lipinski definition) is 1. The normalized spacial score (nSPS) is 10.5. The van der Waals surface area contributed by atoms with Crippen molar-refractivity contribution in [2.45, 2.75) is 6.92 Å². The second-order valence-electron chi connectivity index (χ2n) is 5.16. The zero-order valence-corrected chi connectivity index (χ0v) is 13.9. The van der Waals surface area contributed by atoms with E-state index in [0.717, 1.165) is 11.3 Å². The number of carbonyl (C=O) groups excluding carboxylic acids is 1. The number of hydrogen-bond acceptors (Lipinski definition) is 4. The molecule has 0 spiro atoms. The van der Waals surface area contributed by atoms with Crippen LogP contribution in [0.25, 0.3) is 5.69 Å². The Morgan fingerprint density at radius 3 is 2.67 bits per heavy atom. The zero-order valence-electron chi connectivity index (χ0n) is 13.2. The number of amides is 1. The molecule has 0 unspecified atom stereocenters. The van der Waals surface area contributed by atoms with Gasteiger partial charge in [0.25, 0.3) is 5.91 Å². The number of para-hydroxylation sites is 1. The molecular weight excluding hydrogens is 328 g/mol. The van der Waals surface area contributed by atoms with Crippen molar-refractivity contribution in [1.29, 1.82) is 0 Å². The minimum Gasteiger partial charge on any atom is -0.493 e. The van der Waals surface area contributed by atoms with Crippen LogP contribution in [0, 0.1) is 6.92 Å². The first kappa shape index (κ1) is 16.0. The molecule has 1 aromatic heterocycles. The number of aromatic nitrogens is 3. The molecule has 1 amide bonds. The van der Waals surface area contributed by atoms with Gasteiger partial charge in [0, 0.05) is 0 Å². The van der Waals surface area contributed by atoms with Crippen LogP contribution in [0.4, 0.5) is 5.69 Å². The molecule has 6 nitrogen and oxygen atoms in total. The van der Waals surface area contributed by atoms with Gasteiger partial charge in [0.2, 0.25) is 0 Å². The van der Waals surface area contributed by atoms with E-state index in [2.05, 4.69) is 15.6 Å². The van der Waals surface area contributed by atoms with E-state index >= 15 is 0 Å². The van der Waals surface area contributed by atoms with Crippen LogP contribution in [0.2, 0.25) is 5.02 Å². The molecule has 2 aromatic carbocycles. The van der Waals surface area contributed by atoms with E-state index in [1.807, 2.05) is 31.2 Å². The molecule has 0 fully saturated rings. The topological polar surface area (TPSA) is 69.0 Å². The fourth-order valence-corrected chi connectivity index (χ4v) is 2.44. The molecule has 3 aromatic rings. The number of aryl methyl sites for hydroxylation is 1. The Kier molecular flexibility index (Phi) is 4.48. The van der Waals surface area contributed by atoms with Gasteiger partial charge in [-0.05, 0) is 31.2 Å². The number of benzene rings is 2. The highest BCUT2D eigenvalue weighted by Crippen LogP contribution is 2.32. The minimum absolute atomic E-state index is 0.192. The molecule has 0 aliphatic rings. The first-order chi connectivity index (χ1) is 11.6. The van der Waals surface area contributed by atoms with E-state index < -0.39 is 5.91 Å². The van der Waals surface area contributed by atoms with E-state index in [1.165, 1.54) is 7.11 Å². The maximum absolute atomic E-state index is 12.4. The molecule has 0 atom stereocenters. The van der Waals surface area contributed by atoms with Crippen molar-refractivity contribution in [2.24, 2.45) is 0 Å². The van der Waals surface area contributed by atoms with Crippen molar-refractivity contribution in [3.63, 3.8) is 0 Å². The maximum Gasteiger partial charge on any atom is 0.277 e. The van der Waals surface area contributed by atoms with E-state index in [1.54, 1.807) is 29.1 Å². The van der Waals surface area contributed by atoms with Crippen LogP contribution in [-0.4, -0.2) is 28.0 Å². The summed E-state index contributed by atoms with van der Waals surface area (Å²) in [5.41, 5.74) is 2.63. The second kappa shape index (κ2) is 6.72. The Labute approximate surface area is 144 Å². The van der Waals surface area contributed by atoms with Crippen molar-refractivity contribution in [2.75, 3.05) is 12.4 Å². The number of carbonyl (C=O) groups is 1. The molecule has 0 saturated carbocycles. The van der Waals surface area contributed by atoms with E-state index in [4.69, 9.17) is 16.3 Å². The van der Waals surface area contributed by atoms with Crippen LogP contribution in [-0.2, 0) is 0 Å². The van der Waals surface area contributed by atoms with E-state index in [9.17, 15) is 4.79 Å². The maximum atomic E-state index is 12.4. The van der Waals surface area contributed by atoms with Crippen LogP contribution in [0.3, 0.4) is 0 Å². The van der Waals surface area contributed by atoms with Crippen molar-refractivity contribution in [3.05, 3.63) is 64.9 Å². The molecule has 0 aliphatic heterocycles. The highest BCUT2D eigenvalue weighted by atomic mass is 35.5. The van der Waals surface area contributed by atoms with Crippen molar-refractivity contribution >= 4 is 23.2 Å². The molecule has 0 bridgehead atoms. The summed E-state index contributed by atoms with van der Waals surface area (Å²) in [7, 11) is 1.49. The van der Waals surface area contributed by atoms with Gasteiger partial charge in [-0.25, -0.2) is 4.68 Å². The predicted octanol–water partition coefficient (Wildman–Crippen LogP) is 3.49. The number of rotatable bonds is 4. The fraction of sp³-hybridized carbons (Fsp3) is 0.118. The van der Waals surface area contributed by atoms with Gasteiger partial charge in [-0.3, -0.25) is 4.79 Å². The number of ether oxygens (including phenoxy) is 1. The summed E-state index contributed by atoms with van der Waals surface area (Å²) < 4.78 is 6.76. The SMILES string of the molecule is COc1c(Cl)cccc1NC(=O)c1cn(-c2ccc(C)cc2)nn1. The van der Waals surface area contributed by atoms with Gasteiger partial charge >= 0.3 is 0 Å². The molecule has 3 rings (SSSR count). The molecule has 122 valence electrons. The Morgan fingerprint density at radius 1 is 1.21 bits per heavy atom. The lowest BCUT2D eigenvalue weighted by Gasteiger charge is -2.10. The summed E-state index contributed by atoms with van der Waals surface area (Å²) in [6.07, 6.45) is 1.57. The molecule has 0 aliphatic carbocycles. The minimum atomic E-state index is -0.395. The van der Waals surface area contributed by atoms with Crippen molar-refractivity contribution in [3.8, 4) is 11.4 Å². The first-order valence-corrected chi connectivity index (χ1v) is 7.59. The summed E-state index contributed by atoms with van der Waals surface area (Å²) in [6, 6.07) is 12.9. The lowest BCUT2D eigenvalue weighted by molar-refractivity contribution is 0.102. The summed E-state index contributed by atoms with van der Waals surface area (Å²) in [4.78, 5) is 12.4. The van der Waals surface area contributed by atoms with Crippen molar-refractivity contribution in [1.82, 2.24) is 15.0 Å². The Balaban J connectivity index is 1.82. The summed E-state index contributed by atoms with van der Waals surface area (Å²) in [5.74, 6) is 0.00683. The number of halogens is 1. The standard InChI is InChI=1S/C17H15ClN4O2/c1-11-6-8-12(9-7-11)22-10-15(20-21-22)17(23)19-14-5-3-4-13(18)16(14)24-2/h3-10H,1-2H3,(H,19,23). The van der Waals surface area contributed by atoms with E-state index in [-0.39, 0.29) is 5.69 Å². The summed E-state index contributed by atoms with van der Waals surface area (Å²) in [6.45, 7) is 2.00. The number of nitrogens with one attached hydrogen (secondary N) is 1. The van der Waals surface area contributed by atoms with Gasteiger partial charge in [-0.2, -0.15) is 0 Å². The molecule has 0 radical (unpaired) electrons. The monoisotopic (exact) mass is 342 g/mol. The molecule has 0 saturated heterocycles. The molecular formula is C17H15ClN4O2. The van der Waals surface area contributed by atoms with Gasteiger partial charge in [0.05, 0.1) is 29.7 Å². The van der Waals surface area contributed by atoms with Gasteiger partial charge in [0.1, 0.15) is 0 Å². The Hall–Kier alpha value is -2.86. The molecule has 24 heavy (non-hydrogen) atoms. The van der Waals surface area contributed by atoms with Crippen LogP contribution < -0.4 is 10.1 Å². The van der Waals surface area contributed by atoms with Crippen LogP contribution in [0.5, 0.6) is 5.75 Å². The number of nitrogens with zero attached hydrogens (tertiary/aromatic N) is 3. The van der Waals surface area contributed by atoms with Crippen LogP contribution >= 0.6 is 11.6 Å². The third-order valence-electron chi connectivity index (χ3n) is 3.44. The van der Waals surface area contributed by atoms with Crippen LogP contribution in [0.1, 0.15) is 16.1 Å². The molecule has 1 N–H and O–H groups in total. The number of methoxy groups -OCH3 is 1. The Morgan fingerprint density at radius 2 is 1.96 bits per heavy atom. The fourth-order valence-electron chi connectivity index (χ4n) is 2.19. The lowest BCUT2D eigenvalue weighted by atomic mass is 10.2. The predicted molar refractivity (Wildman–Crippen MR) is 92.1 cm³/mol. The van der Waals surface area contributed by atoms with Gasteiger partial charge in [-0.15, -0.1) is 5.10 Å². The quantitative estimate of drug-likeness (QED) is 0.788. The van der Waals surface area contributed by atoms with E-state index in [0.29, 0.717) is 16.5 Å². The lowest BCUT2D eigenvalue weighted by Crippen LogP contribution is -2.13. The number of anilines is 1. The first-order valence-electron chi connectivity index (χ1n) is 7.21. The summed E-state index contributed by atoms with van der Waals surface area (Å²) >= 11 is 6.05.